The summed E-state index contributed by atoms with van der Waals surface area (Å²) in [5, 5.41) is 0. The van der Waals surface area contributed by atoms with Crippen molar-refractivity contribution in [3.05, 3.63) is 109 Å². The lowest BCUT2D eigenvalue weighted by Gasteiger charge is -2.24. The van der Waals surface area contributed by atoms with Crippen molar-refractivity contribution in [2.45, 2.75) is 174 Å². The molecule has 0 fully saturated rings. The molecule has 0 aromatic rings. The van der Waals surface area contributed by atoms with Gasteiger partial charge in [-0.3, -0.25) is 18.6 Å². The number of hydrogen-bond donors (Lipinski definition) is 1. The van der Waals surface area contributed by atoms with Crippen molar-refractivity contribution in [3.63, 3.8) is 0 Å². The van der Waals surface area contributed by atoms with Crippen molar-refractivity contribution in [3.8, 4) is 0 Å². The topological polar surface area (TPSA) is 108 Å². The molecule has 0 aliphatic heterocycles. The van der Waals surface area contributed by atoms with Gasteiger partial charge in [0.1, 0.15) is 19.8 Å². The van der Waals surface area contributed by atoms with Gasteiger partial charge in [-0.2, -0.15) is 0 Å². The number of rotatable bonds is 43. The lowest BCUT2D eigenvalue weighted by Crippen LogP contribution is -2.37. The van der Waals surface area contributed by atoms with Crippen molar-refractivity contribution in [1.82, 2.24) is 0 Å². The first kappa shape index (κ1) is 60.7. The van der Waals surface area contributed by atoms with E-state index in [0.717, 1.165) is 77.0 Å². The number of esters is 2. The van der Waals surface area contributed by atoms with Gasteiger partial charge in [-0.05, 0) is 77.0 Å². The molecular formula is C54H91NO8P+. The van der Waals surface area contributed by atoms with Gasteiger partial charge in [0.25, 0.3) is 0 Å². The van der Waals surface area contributed by atoms with Crippen LogP contribution in [0, 0.1) is 0 Å². The Balaban J connectivity index is 4.37. The Bertz CT molecular complexity index is 1450. The fourth-order valence-corrected chi connectivity index (χ4v) is 6.76. The van der Waals surface area contributed by atoms with Gasteiger partial charge in [-0.15, -0.1) is 0 Å². The molecule has 2 unspecified atom stereocenters. The lowest BCUT2D eigenvalue weighted by atomic mass is 10.1. The number of unbranched alkanes of at least 4 members (excludes halogenated alkanes) is 11. The quantitative estimate of drug-likeness (QED) is 0.0212. The predicted octanol–water partition coefficient (Wildman–Crippen LogP) is 14.7. The molecule has 10 heteroatoms. The monoisotopic (exact) mass is 913 g/mol. The normalized spacial score (nSPS) is 14.4. The smallest absolute Gasteiger partial charge is 0.462 e. The molecule has 0 aliphatic rings. The molecule has 0 aromatic carbocycles. The molecule has 0 heterocycles. The number of carbonyl (C=O) groups excluding carboxylic acids is 2. The highest BCUT2D eigenvalue weighted by Gasteiger charge is 2.27. The predicted molar refractivity (Wildman–Crippen MR) is 270 cm³/mol. The molecule has 364 valence electrons. The minimum atomic E-state index is -4.40. The van der Waals surface area contributed by atoms with Crippen LogP contribution in [0.3, 0.4) is 0 Å². The fraction of sp³-hybridized carbons (Fsp3) is 0.630. The second-order valence-corrected chi connectivity index (χ2v) is 18.6. The first-order valence-electron chi connectivity index (χ1n) is 24.6. The van der Waals surface area contributed by atoms with Gasteiger partial charge < -0.3 is 18.9 Å². The number of quaternary nitrogens is 1. The van der Waals surface area contributed by atoms with Crippen LogP contribution in [0.5, 0.6) is 0 Å². The average molecular weight is 913 g/mol. The molecule has 9 nitrogen and oxygen atoms in total. The maximum Gasteiger partial charge on any atom is 0.472 e. The summed E-state index contributed by atoms with van der Waals surface area (Å²) < 4.78 is 34.3. The van der Waals surface area contributed by atoms with Crippen LogP contribution in [0.15, 0.2) is 109 Å². The average Bonchev–Trinajstić information content (AvgIpc) is 3.25. The molecule has 0 aliphatic carbocycles. The van der Waals surface area contributed by atoms with Crippen LogP contribution in [0.4, 0.5) is 0 Å². The van der Waals surface area contributed by atoms with Crippen molar-refractivity contribution >= 4 is 19.8 Å². The summed E-state index contributed by atoms with van der Waals surface area (Å²) in [5.41, 5.74) is 0. The second-order valence-electron chi connectivity index (χ2n) is 17.1. The summed E-state index contributed by atoms with van der Waals surface area (Å²) in [4.78, 5) is 35.4. The minimum Gasteiger partial charge on any atom is -0.462 e. The van der Waals surface area contributed by atoms with Crippen molar-refractivity contribution in [2.75, 3.05) is 47.5 Å². The van der Waals surface area contributed by atoms with Gasteiger partial charge in [0.15, 0.2) is 6.10 Å². The zero-order valence-electron chi connectivity index (χ0n) is 41.0. The Labute approximate surface area is 391 Å². The number of ether oxygens (including phenoxy) is 2. The van der Waals surface area contributed by atoms with E-state index in [2.05, 4.69) is 117 Å². The molecule has 0 bridgehead atoms. The summed E-state index contributed by atoms with van der Waals surface area (Å²) in [5.74, 6) is -0.877. The van der Waals surface area contributed by atoms with E-state index >= 15 is 0 Å². The highest BCUT2D eigenvalue weighted by Crippen LogP contribution is 2.43. The summed E-state index contributed by atoms with van der Waals surface area (Å²) >= 11 is 0. The number of phosphoric acid groups is 1. The maximum absolute atomic E-state index is 12.7. The number of allylic oxidation sites excluding steroid dienone is 18. The molecule has 0 saturated carbocycles. The molecular weight excluding hydrogens is 822 g/mol. The summed E-state index contributed by atoms with van der Waals surface area (Å²) in [6.07, 6.45) is 61.6. The molecule has 2 atom stereocenters. The van der Waals surface area contributed by atoms with Gasteiger partial charge in [0.2, 0.25) is 0 Å². The fourth-order valence-electron chi connectivity index (χ4n) is 6.01. The highest BCUT2D eigenvalue weighted by molar-refractivity contribution is 7.47. The largest absolute Gasteiger partial charge is 0.472 e. The maximum atomic E-state index is 12.7. The first-order valence-corrected chi connectivity index (χ1v) is 26.1. The molecule has 0 aromatic heterocycles. The van der Waals surface area contributed by atoms with Crippen molar-refractivity contribution in [2.24, 2.45) is 0 Å². The Morgan fingerprint density at radius 3 is 1.31 bits per heavy atom. The highest BCUT2D eigenvalue weighted by atomic mass is 31.2. The Kier molecular flexibility index (Phi) is 42.5. The zero-order chi connectivity index (χ0) is 47.1. The molecule has 0 spiro atoms. The van der Waals surface area contributed by atoms with E-state index in [4.69, 9.17) is 18.5 Å². The van der Waals surface area contributed by atoms with E-state index < -0.39 is 26.5 Å². The first-order chi connectivity index (χ1) is 31.0. The third-order valence-electron chi connectivity index (χ3n) is 9.82. The van der Waals surface area contributed by atoms with Crippen LogP contribution in [-0.2, 0) is 32.7 Å². The third-order valence-corrected chi connectivity index (χ3v) is 10.8. The van der Waals surface area contributed by atoms with Gasteiger partial charge in [0.05, 0.1) is 27.7 Å². The Morgan fingerprint density at radius 1 is 0.500 bits per heavy atom. The van der Waals surface area contributed by atoms with Gasteiger partial charge >= 0.3 is 19.8 Å². The van der Waals surface area contributed by atoms with E-state index in [1.165, 1.54) is 51.4 Å². The summed E-state index contributed by atoms with van der Waals surface area (Å²) in [6.45, 7) is 4.21. The van der Waals surface area contributed by atoms with Crippen LogP contribution in [0.25, 0.3) is 0 Å². The van der Waals surface area contributed by atoms with Crippen LogP contribution >= 0.6 is 7.82 Å². The third kappa shape index (κ3) is 48.1. The van der Waals surface area contributed by atoms with E-state index in [1.54, 1.807) is 0 Å². The summed E-state index contributed by atoms with van der Waals surface area (Å²) in [7, 11) is 1.42. The lowest BCUT2D eigenvalue weighted by molar-refractivity contribution is -0.870. The molecule has 0 amide bonds. The summed E-state index contributed by atoms with van der Waals surface area (Å²) in [6, 6.07) is 0. The van der Waals surface area contributed by atoms with Crippen LogP contribution in [0.2, 0.25) is 0 Å². The molecule has 64 heavy (non-hydrogen) atoms. The number of phosphoric ester groups is 1. The van der Waals surface area contributed by atoms with Gasteiger partial charge in [-0.25, -0.2) is 4.57 Å². The van der Waals surface area contributed by atoms with E-state index in [0.29, 0.717) is 23.9 Å². The number of likely N-dealkylation sites (N-methyl/N-ethyl adjacent to an activating group) is 1. The van der Waals surface area contributed by atoms with E-state index in [-0.39, 0.29) is 32.0 Å². The molecule has 1 N–H and O–H groups in total. The number of nitrogens with zero attached hydrogens (tertiary/aromatic N) is 1. The minimum absolute atomic E-state index is 0.0156. The second kappa shape index (κ2) is 44.9. The molecule has 0 radical (unpaired) electrons. The zero-order valence-corrected chi connectivity index (χ0v) is 41.9. The van der Waals surface area contributed by atoms with Crippen LogP contribution in [-0.4, -0.2) is 74.9 Å². The standard InChI is InChI=1S/C54H90NO8P/c1-6-8-10-12-14-16-18-19-20-21-22-23-24-25-26-27-28-29-30-31-32-33-34-35-37-39-41-43-45-47-54(57)63-52(51-62-64(58,59)61-49-48-55(3,4)5)50-60-53(56)46-44-42-40-38-36-17-15-13-11-9-7-2/h8,10,14,16,19-20,22-23,25-26,28-29,31-32,34-35,39,41,52H,6-7,9,11-13,15,17-18,21,24,27,30,33,36-38,40,42-51H2,1-5H3/p+1/b10-8-,16-14-,20-19-,23-22-,26-25-,29-28-,32-31-,35-34-,41-39-. The SMILES string of the molecule is CC/C=C\C/C=C\C/C=C\C/C=C\C/C=C\C/C=C\C/C=C\C/C=C\C/C=C\CCCC(=O)OC(COC(=O)CCCCCCCCCCCCC)COP(=O)(O)OCC[N+](C)(C)C. The molecule has 0 saturated heterocycles. The van der Waals surface area contributed by atoms with Crippen molar-refractivity contribution in [1.29, 1.82) is 0 Å². The Hall–Kier alpha value is -3.33. The van der Waals surface area contributed by atoms with Crippen LogP contribution in [0.1, 0.15) is 168 Å². The van der Waals surface area contributed by atoms with Crippen molar-refractivity contribution < 1.29 is 42.1 Å². The Morgan fingerprint density at radius 2 is 0.891 bits per heavy atom. The van der Waals surface area contributed by atoms with Gasteiger partial charge in [-0.1, -0.05) is 187 Å². The molecule has 0 rings (SSSR count). The van der Waals surface area contributed by atoms with Gasteiger partial charge in [0, 0.05) is 12.8 Å². The van der Waals surface area contributed by atoms with Crippen LogP contribution < -0.4 is 0 Å². The number of hydrogen-bond acceptors (Lipinski definition) is 7. The van der Waals surface area contributed by atoms with E-state index in [1.807, 2.05) is 27.2 Å². The number of carbonyl (C=O) groups is 2. The van der Waals surface area contributed by atoms with E-state index in [9.17, 15) is 19.0 Å².